The minimum absolute atomic E-state index is 0.450. The van der Waals surface area contributed by atoms with Crippen LogP contribution in [0.5, 0.6) is 0 Å². The summed E-state index contributed by atoms with van der Waals surface area (Å²) in [6.07, 6.45) is -3.08. The summed E-state index contributed by atoms with van der Waals surface area (Å²) in [6.45, 7) is 0. The predicted molar refractivity (Wildman–Crippen MR) is 72.8 cm³/mol. The van der Waals surface area contributed by atoms with Crippen LogP contribution >= 0.6 is 11.6 Å². The monoisotopic (exact) mass is 358 g/mol. The van der Waals surface area contributed by atoms with Crippen LogP contribution in [0.25, 0.3) is 0 Å². The number of nitrogens with zero attached hydrogens (tertiary/aromatic N) is 1. The third kappa shape index (κ3) is 3.89. The Morgan fingerprint density at radius 2 is 1.91 bits per heavy atom. The summed E-state index contributed by atoms with van der Waals surface area (Å²) in [7, 11) is -4.16. The average Bonchev–Trinajstić information content (AvgIpc) is 2.40. The number of alkyl halides is 3. The molecule has 0 bridgehead atoms. The lowest BCUT2D eigenvalue weighted by molar-refractivity contribution is -0.141. The summed E-state index contributed by atoms with van der Waals surface area (Å²) in [4.78, 5) is 2.54. The summed E-state index contributed by atoms with van der Waals surface area (Å²) in [5.41, 5.74) is -1.27. The zero-order chi connectivity index (χ0) is 16.5. The first-order valence-electron chi connectivity index (χ1n) is 6.55. The quantitative estimate of drug-likeness (QED) is 0.813. The minimum atomic E-state index is -4.71. The highest BCUT2D eigenvalue weighted by molar-refractivity contribution is 7.89. The normalized spacial score (nSPS) is 23.5. The van der Waals surface area contributed by atoms with Crippen LogP contribution in [-0.4, -0.2) is 30.7 Å². The number of hydrogen-bond donors (Lipinski definition) is 2. The smallest absolute Gasteiger partial charge is 0.391 e. The van der Waals surface area contributed by atoms with Crippen LogP contribution in [-0.2, 0) is 16.2 Å². The number of sulfonamides is 1. The highest BCUT2D eigenvalue weighted by Gasteiger charge is 2.35. The third-order valence-corrected chi connectivity index (χ3v) is 5.35. The maximum absolute atomic E-state index is 12.5. The molecule has 2 N–H and O–H groups in total. The van der Waals surface area contributed by atoms with Crippen molar-refractivity contribution in [3.05, 3.63) is 23.0 Å². The number of rotatable bonds is 3. The van der Waals surface area contributed by atoms with Gasteiger partial charge in [0.05, 0.1) is 6.10 Å². The zero-order valence-electron chi connectivity index (χ0n) is 11.3. The Morgan fingerprint density at radius 3 is 2.45 bits per heavy atom. The van der Waals surface area contributed by atoms with Gasteiger partial charge in [-0.1, -0.05) is 24.4 Å². The molecule has 0 aromatic carbocycles. The molecular weight excluding hydrogens is 345 g/mol. The molecule has 0 spiro atoms. The average molecular weight is 359 g/mol. The van der Waals surface area contributed by atoms with Gasteiger partial charge in [0.25, 0.3) is 0 Å². The van der Waals surface area contributed by atoms with Crippen LogP contribution in [0.2, 0.25) is 5.15 Å². The standard InChI is InChI=1S/C12H14ClF3N2O3S/c13-11-9(5-6-10(17-11)12(14,15)16)22(20,21)18-7-3-1-2-4-8(7)19/h5-8,18-19H,1-4H2/t7-,8-/m0/s1. The van der Waals surface area contributed by atoms with Gasteiger partial charge in [-0.05, 0) is 25.0 Å². The van der Waals surface area contributed by atoms with Crippen LogP contribution in [0.3, 0.4) is 0 Å². The van der Waals surface area contributed by atoms with E-state index in [2.05, 4.69) is 9.71 Å². The van der Waals surface area contributed by atoms with Crippen molar-refractivity contribution in [2.45, 2.75) is 48.9 Å². The molecule has 22 heavy (non-hydrogen) atoms. The van der Waals surface area contributed by atoms with Gasteiger partial charge in [-0.25, -0.2) is 18.1 Å². The molecule has 1 aromatic heterocycles. The van der Waals surface area contributed by atoms with Crippen molar-refractivity contribution in [1.29, 1.82) is 0 Å². The molecule has 124 valence electrons. The van der Waals surface area contributed by atoms with Gasteiger partial charge in [0.15, 0.2) is 0 Å². The van der Waals surface area contributed by atoms with Gasteiger partial charge in [0, 0.05) is 6.04 Å². The van der Waals surface area contributed by atoms with E-state index in [1.165, 1.54) is 0 Å². The SMILES string of the molecule is O=S(=O)(N[C@H]1CCCC[C@@H]1O)c1ccc(C(F)(F)F)nc1Cl. The number of hydrogen-bond acceptors (Lipinski definition) is 4. The second kappa shape index (κ2) is 6.31. The molecule has 1 aliphatic carbocycles. The largest absolute Gasteiger partial charge is 0.433 e. The fourth-order valence-corrected chi connectivity index (χ4v) is 4.07. The Kier molecular flexibility index (Phi) is 5.00. The molecule has 0 radical (unpaired) electrons. The van der Waals surface area contributed by atoms with E-state index in [-0.39, 0.29) is 0 Å². The van der Waals surface area contributed by atoms with Gasteiger partial charge < -0.3 is 5.11 Å². The van der Waals surface area contributed by atoms with E-state index in [1.807, 2.05) is 0 Å². The van der Waals surface area contributed by atoms with Crippen LogP contribution in [0, 0.1) is 0 Å². The van der Waals surface area contributed by atoms with E-state index < -0.39 is 44.1 Å². The Hall–Kier alpha value is -0.900. The Balaban J connectivity index is 2.26. The summed E-state index contributed by atoms with van der Waals surface area (Å²) in [5.74, 6) is 0. The lowest BCUT2D eigenvalue weighted by Gasteiger charge is -2.28. The maximum atomic E-state index is 12.5. The van der Waals surface area contributed by atoms with Gasteiger partial charge in [-0.15, -0.1) is 0 Å². The van der Waals surface area contributed by atoms with Gasteiger partial charge in [-0.3, -0.25) is 0 Å². The van der Waals surface area contributed by atoms with Crippen molar-refractivity contribution in [3.8, 4) is 0 Å². The topological polar surface area (TPSA) is 79.3 Å². The molecule has 0 amide bonds. The van der Waals surface area contributed by atoms with Gasteiger partial charge in [-0.2, -0.15) is 13.2 Å². The third-order valence-electron chi connectivity index (χ3n) is 3.43. The van der Waals surface area contributed by atoms with E-state index in [0.717, 1.165) is 18.9 Å². The molecule has 10 heteroatoms. The van der Waals surface area contributed by atoms with E-state index in [9.17, 15) is 26.7 Å². The second-order valence-electron chi connectivity index (χ2n) is 5.06. The van der Waals surface area contributed by atoms with E-state index in [1.54, 1.807) is 0 Å². The number of halogens is 4. The first-order valence-corrected chi connectivity index (χ1v) is 8.41. The number of aromatic nitrogens is 1. The second-order valence-corrected chi connectivity index (χ2v) is 7.10. The van der Waals surface area contributed by atoms with E-state index >= 15 is 0 Å². The number of pyridine rings is 1. The van der Waals surface area contributed by atoms with Gasteiger partial charge in [0.1, 0.15) is 15.7 Å². The van der Waals surface area contributed by atoms with Crippen molar-refractivity contribution >= 4 is 21.6 Å². The lowest BCUT2D eigenvalue weighted by Crippen LogP contribution is -2.45. The molecule has 1 fully saturated rings. The molecule has 2 rings (SSSR count). The molecule has 1 aromatic rings. The summed E-state index contributed by atoms with van der Waals surface area (Å²) >= 11 is 5.58. The molecule has 0 saturated heterocycles. The summed E-state index contributed by atoms with van der Waals surface area (Å²) in [6, 6.07) is 0.630. The Labute approximate surface area is 130 Å². The maximum Gasteiger partial charge on any atom is 0.433 e. The highest BCUT2D eigenvalue weighted by atomic mass is 35.5. The van der Waals surface area contributed by atoms with Crippen molar-refractivity contribution in [2.75, 3.05) is 0 Å². The first kappa shape index (κ1) is 17.5. The molecule has 0 unspecified atom stereocenters. The van der Waals surface area contributed by atoms with E-state index in [0.29, 0.717) is 18.9 Å². The number of aliphatic hydroxyl groups excluding tert-OH is 1. The van der Waals surface area contributed by atoms with Crippen molar-refractivity contribution in [2.24, 2.45) is 0 Å². The van der Waals surface area contributed by atoms with Crippen molar-refractivity contribution in [3.63, 3.8) is 0 Å². The van der Waals surface area contributed by atoms with Crippen LogP contribution in [0.1, 0.15) is 31.4 Å². The first-order chi connectivity index (χ1) is 10.1. The molecule has 5 nitrogen and oxygen atoms in total. The fourth-order valence-electron chi connectivity index (χ4n) is 2.29. The Morgan fingerprint density at radius 1 is 1.27 bits per heavy atom. The van der Waals surface area contributed by atoms with Crippen LogP contribution in [0.4, 0.5) is 13.2 Å². The highest BCUT2D eigenvalue weighted by Crippen LogP contribution is 2.31. The minimum Gasteiger partial charge on any atom is -0.391 e. The van der Waals surface area contributed by atoms with Gasteiger partial charge >= 0.3 is 6.18 Å². The number of nitrogens with one attached hydrogen (secondary N) is 1. The molecule has 2 atom stereocenters. The van der Waals surface area contributed by atoms with Crippen LogP contribution < -0.4 is 4.72 Å². The molecule has 0 aliphatic heterocycles. The summed E-state index contributed by atoms with van der Waals surface area (Å²) in [5, 5.41) is 9.02. The summed E-state index contributed by atoms with van der Waals surface area (Å²) < 4.78 is 64.2. The Bertz CT molecular complexity index is 652. The van der Waals surface area contributed by atoms with Crippen LogP contribution in [0.15, 0.2) is 17.0 Å². The van der Waals surface area contributed by atoms with E-state index in [4.69, 9.17) is 11.6 Å². The van der Waals surface area contributed by atoms with Gasteiger partial charge in [0.2, 0.25) is 10.0 Å². The fraction of sp³-hybridized carbons (Fsp3) is 0.583. The molecular formula is C12H14ClF3N2O3S. The molecule has 1 aliphatic rings. The lowest BCUT2D eigenvalue weighted by atomic mass is 9.93. The molecule has 1 saturated carbocycles. The molecule has 1 heterocycles. The van der Waals surface area contributed by atoms with Crippen molar-refractivity contribution < 1.29 is 26.7 Å². The zero-order valence-corrected chi connectivity index (χ0v) is 12.8. The predicted octanol–water partition coefficient (Wildman–Crippen LogP) is 2.34. The number of aliphatic hydroxyl groups is 1. The van der Waals surface area contributed by atoms with Crippen molar-refractivity contribution in [1.82, 2.24) is 9.71 Å².